The molecule has 0 radical (unpaired) electrons. The smallest absolute Gasteiger partial charge is 0.134 e. The van der Waals surface area contributed by atoms with Crippen molar-refractivity contribution >= 4 is 11.0 Å². The number of benzene rings is 1. The molecule has 0 aliphatic carbocycles. The molecular weight excluding hydrogens is 214 g/mol. The molecule has 1 unspecified atom stereocenters. The lowest BCUT2D eigenvalue weighted by Crippen LogP contribution is -2.17. The normalized spacial score (nSPS) is 17.6. The molecule has 0 amide bonds. The van der Waals surface area contributed by atoms with Crippen LogP contribution in [-0.2, 0) is 4.74 Å². The van der Waals surface area contributed by atoms with Crippen molar-refractivity contribution in [2.45, 2.75) is 18.9 Å². The van der Waals surface area contributed by atoms with Gasteiger partial charge < -0.3 is 14.9 Å². The van der Waals surface area contributed by atoms with Crippen LogP contribution in [0.1, 0.15) is 24.6 Å². The van der Waals surface area contributed by atoms with Crippen molar-refractivity contribution in [2.75, 3.05) is 6.61 Å². The molecule has 0 saturated carbocycles. The van der Waals surface area contributed by atoms with E-state index in [4.69, 9.17) is 14.9 Å². The minimum Gasteiger partial charge on any atom is -0.496 e. The number of ether oxygens (including phenoxy) is 1. The molecule has 3 heteroatoms. The third-order valence-electron chi connectivity index (χ3n) is 3.02. The molecule has 2 heterocycles. The van der Waals surface area contributed by atoms with E-state index in [2.05, 4.69) is 6.08 Å². The fourth-order valence-electron chi connectivity index (χ4n) is 2.09. The first-order chi connectivity index (χ1) is 8.34. The topological polar surface area (TPSA) is 48.4 Å². The van der Waals surface area contributed by atoms with Crippen molar-refractivity contribution in [3.8, 4) is 0 Å². The summed E-state index contributed by atoms with van der Waals surface area (Å²) in [5.74, 6) is 1.59. The van der Waals surface area contributed by atoms with E-state index in [0.29, 0.717) is 0 Å². The first kappa shape index (κ1) is 10.4. The zero-order valence-electron chi connectivity index (χ0n) is 9.56. The highest BCUT2D eigenvalue weighted by Gasteiger charge is 2.19. The van der Waals surface area contributed by atoms with E-state index in [0.717, 1.165) is 41.9 Å². The average molecular weight is 229 g/mol. The zero-order valence-corrected chi connectivity index (χ0v) is 9.56. The monoisotopic (exact) mass is 229 g/mol. The van der Waals surface area contributed by atoms with Gasteiger partial charge in [-0.05, 0) is 31.1 Å². The van der Waals surface area contributed by atoms with Crippen LogP contribution in [0, 0.1) is 0 Å². The summed E-state index contributed by atoms with van der Waals surface area (Å²) >= 11 is 0. The summed E-state index contributed by atoms with van der Waals surface area (Å²) in [5.41, 5.74) is 7.02. The van der Waals surface area contributed by atoms with Gasteiger partial charge in [-0.2, -0.15) is 0 Å². The van der Waals surface area contributed by atoms with Crippen LogP contribution >= 0.6 is 0 Å². The number of fused-ring (bicyclic) bond motifs is 1. The number of hydrogen-bond donors (Lipinski definition) is 1. The lowest BCUT2D eigenvalue weighted by atomic mass is 10.1. The van der Waals surface area contributed by atoms with Crippen molar-refractivity contribution < 1.29 is 9.15 Å². The van der Waals surface area contributed by atoms with E-state index < -0.39 is 0 Å². The molecule has 1 aromatic heterocycles. The molecule has 3 rings (SSSR count). The molecule has 0 saturated heterocycles. The molecule has 2 aromatic rings. The van der Waals surface area contributed by atoms with E-state index in [9.17, 15) is 0 Å². The Bertz CT molecular complexity index is 523. The maximum Gasteiger partial charge on any atom is 0.134 e. The number of furan rings is 1. The summed E-state index contributed by atoms with van der Waals surface area (Å²) in [6, 6.07) is 9.61. The van der Waals surface area contributed by atoms with Gasteiger partial charge in [0.15, 0.2) is 0 Å². The van der Waals surface area contributed by atoms with Crippen LogP contribution in [0.25, 0.3) is 11.0 Å². The average Bonchev–Trinajstić information content (AvgIpc) is 2.82. The van der Waals surface area contributed by atoms with E-state index in [1.165, 1.54) is 0 Å². The molecule has 0 spiro atoms. The second kappa shape index (κ2) is 4.26. The van der Waals surface area contributed by atoms with Crippen molar-refractivity contribution in [1.82, 2.24) is 0 Å². The Morgan fingerprint density at radius 1 is 1.24 bits per heavy atom. The molecule has 1 aliphatic rings. The molecule has 1 aliphatic heterocycles. The maximum absolute atomic E-state index is 6.15. The van der Waals surface area contributed by atoms with Gasteiger partial charge in [0, 0.05) is 5.39 Å². The molecule has 2 N–H and O–H groups in total. The Kier molecular flexibility index (Phi) is 2.61. The minimum absolute atomic E-state index is 0.289. The Hall–Kier alpha value is -1.74. The number of rotatable bonds is 2. The third kappa shape index (κ3) is 1.94. The van der Waals surface area contributed by atoms with Crippen LogP contribution in [0.2, 0.25) is 0 Å². The van der Waals surface area contributed by atoms with Gasteiger partial charge in [0.1, 0.15) is 23.1 Å². The van der Waals surface area contributed by atoms with Gasteiger partial charge >= 0.3 is 0 Å². The largest absolute Gasteiger partial charge is 0.496 e. The van der Waals surface area contributed by atoms with Crippen LogP contribution in [0.15, 0.2) is 46.6 Å². The van der Waals surface area contributed by atoms with E-state index in [1.54, 1.807) is 0 Å². The van der Waals surface area contributed by atoms with Crippen molar-refractivity contribution in [2.24, 2.45) is 5.73 Å². The highest BCUT2D eigenvalue weighted by molar-refractivity contribution is 5.77. The molecule has 17 heavy (non-hydrogen) atoms. The van der Waals surface area contributed by atoms with Crippen molar-refractivity contribution in [3.63, 3.8) is 0 Å². The van der Waals surface area contributed by atoms with Gasteiger partial charge in [0.05, 0.1) is 6.61 Å². The SMILES string of the molecule is NC(C1=CCCCO1)c1cc2ccccc2o1. The molecule has 3 nitrogen and oxygen atoms in total. The van der Waals surface area contributed by atoms with Gasteiger partial charge in [0.2, 0.25) is 0 Å². The lowest BCUT2D eigenvalue weighted by molar-refractivity contribution is 0.171. The predicted octanol–water partition coefficient (Wildman–Crippen LogP) is 3.13. The fraction of sp³-hybridized carbons (Fsp3) is 0.286. The van der Waals surface area contributed by atoms with E-state index >= 15 is 0 Å². The van der Waals surface area contributed by atoms with Crippen LogP contribution in [0.3, 0.4) is 0 Å². The first-order valence-corrected chi connectivity index (χ1v) is 5.91. The quantitative estimate of drug-likeness (QED) is 0.860. The summed E-state index contributed by atoms with van der Waals surface area (Å²) in [6.45, 7) is 0.750. The highest BCUT2D eigenvalue weighted by Crippen LogP contribution is 2.28. The number of nitrogens with two attached hydrogens (primary N) is 1. The van der Waals surface area contributed by atoms with Crippen LogP contribution in [0.4, 0.5) is 0 Å². The molecule has 1 aromatic carbocycles. The summed E-state index contributed by atoms with van der Waals surface area (Å²) in [5, 5.41) is 1.08. The molecular formula is C14H15NO2. The zero-order chi connectivity index (χ0) is 11.7. The molecule has 88 valence electrons. The second-order valence-electron chi connectivity index (χ2n) is 4.26. The van der Waals surface area contributed by atoms with E-state index in [-0.39, 0.29) is 6.04 Å². The highest BCUT2D eigenvalue weighted by atomic mass is 16.5. The number of hydrogen-bond acceptors (Lipinski definition) is 3. The van der Waals surface area contributed by atoms with Crippen LogP contribution in [-0.4, -0.2) is 6.61 Å². The third-order valence-corrected chi connectivity index (χ3v) is 3.02. The van der Waals surface area contributed by atoms with Crippen molar-refractivity contribution in [1.29, 1.82) is 0 Å². The van der Waals surface area contributed by atoms with E-state index in [1.807, 2.05) is 30.3 Å². The van der Waals surface area contributed by atoms with Crippen LogP contribution < -0.4 is 5.73 Å². The summed E-state index contributed by atoms with van der Waals surface area (Å²) in [6.07, 6.45) is 4.15. The lowest BCUT2D eigenvalue weighted by Gasteiger charge is -2.18. The van der Waals surface area contributed by atoms with Gasteiger partial charge in [-0.15, -0.1) is 0 Å². The molecule has 1 atom stereocenters. The Morgan fingerprint density at radius 3 is 2.88 bits per heavy atom. The van der Waals surface area contributed by atoms with Gasteiger partial charge in [-0.1, -0.05) is 18.2 Å². The summed E-state index contributed by atoms with van der Waals surface area (Å²) in [4.78, 5) is 0. The Balaban J connectivity index is 1.94. The van der Waals surface area contributed by atoms with Gasteiger partial charge in [-0.3, -0.25) is 0 Å². The summed E-state index contributed by atoms with van der Waals surface area (Å²) < 4.78 is 11.3. The second-order valence-corrected chi connectivity index (χ2v) is 4.26. The summed E-state index contributed by atoms with van der Waals surface area (Å²) in [7, 11) is 0. The fourth-order valence-corrected chi connectivity index (χ4v) is 2.09. The van der Waals surface area contributed by atoms with Crippen LogP contribution in [0.5, 0.6) is 0 Å². The van der Waals surface area contributed by atoms with Crippen molar-refractivity contribution in [3.05, 3.63) is 47.9 Å². The first-order valence-electron chi connectivity index (χ1n) is 5.91. The maximum atomic E-state index is 6.15. The Morgan fingerprint density at radius 2 is 2.12 bits per heavy atom. The Labute approximate surface area is 99.9 Å². The molecule has 0 fully saturated rings. The number of allylic oxidation sites excluding steroid dienone is 1. The minimum atomic E-state index is -0.289. The van der Waals surface area contributed by atoms with Gasteiger partial charge in [-0.25, -0.2) is 0 Å². The van der Waals surface area contributed by atoms with Gasteiger partial charge in [0.25, 0.3) is 0 Å². The molecule has 0 bridgehead atoms. The number of para-hydroxylation sites is 1. The predicted molar refractivity (Wildman–Crippen MR) is 66.4 cm³/mol. The standard InChI is InChI=1S/C14H15NO2/c15-14(12-7-3-4-8-16-12)13-9-10-5-1-2-6-11(10)17-13/h1-2,5-7,9,14H,3-4,8,15H2.